The van der Waals surface area contributed by atoms with E-state index in [0.717, 1.165) is 14.2 Å². The van der Waals surface area contributed by atoms with Gasteiger partial charge in [-0.1, -0.05) is 24.3 Å². The van der Waals surface area contributed by atoms with Crippen LogP contribution in [0.3, 0.4) is 0 Å². The lowest BCUT2D eigenvalue weighted by molar-refractivity contribution is -0.169. The number of methoxy groups -OCH3 is 2. The highest BCUT2D eigenvalue weighted by molar-refractivity contribution is 7.87. The molecule has 12 nitrogen and oxygen atoms in total. The zero-order valence-electron chi connectivity index (χ0n) is 17.5. The van der Waals surface area contributed by atoms with Crippen molar-refractivity contribution in [2.24, 2.45) is 5.41 Å². The first kappa shape index (κ1) is 26.1. The number of nitrogens with one attached hydrogen (secondary N) is 2. The van der Waals surface area contributed by atoms with E-state index in [-0.39, 0.29) is 24.2 Å². The summed E-state index contributed by atoms with van der Waals surface area (Å²) < 4.78 is 77.1. The molecule has 0 saturated carbocycles. The summed E-state index contributed by atoms with van der Waals surface area (Å²) in [4.78, 5) is 25.6. The summed E-state index contributed by atoms with van der Waals surface area (Å²) in [5, 5.41) is 0. The molecule has 2 aromatic carbocycles. The minimum absolute atomic E-state index is 0.00659. The first-order chi connectivity index (χ1) is 15.3. The third kappa shape index (κ3) is 7.42. The van der Waals surface area contributed by atoms with Gasteiger partial charge in [-0.3, -0.25) is 23.6 Å². The Morgan fingerprint density at radius 2 is 1.42 bits per heavy atom. The molecule has 180 valence electrons. The van der Waals surface area contributed by atoms with Gasteiger partial charge in [0.15, 0.2) is 15.7 Å². The highest BCUT2D eigenvalue weighted by atomic mass is 32.2. The van der Waals surface area contributed by atoms with Crippen LogP contribution in [0.4, 0.5) is 11.4 Å². The van der Waals surface area contributed by atoms with Gasteiger partial charge in [0.1, 0.15) is 0 Å². The van der Waals surface area contributed by atoms with E-state index < -0.39 is 38.0 Å². The SMILES string of the molecule is COC(=O)C(Cc1ccc(NS(=O)(=O)[O-])cc1)(Cc1cccc(NS(=O)(=O)O)c1)C(=O)OC. The zero-order chi connectivity index (χ0) is 24.9. The number of anilines is 2. The van der Waals surface area contributed by atoms with Gasteiger partial charge in [-0.15, -0.1) is 0 Å². The summed E-state index contributed by atoms with van der Waals surface area (Å²) >= 11 is 0. The fourth-order valence-corrected chi connectivity index (χ4v) is 4.10. The molecule has 0 radical (unpaired) electrons. The zero-order valence-corrected chi connectivity index (χ0v) is 19.1. The lowest BCUT2D eigenvalue weighted by Crippen LogP contribution is -2.45. The molecule has 0 aliphatic rings. The second kappa shape index (κ2) is 10.2. The molecule has 3 N–H and O–H groups in total. The Hall–Kier alpha value is -3.20. The van der Waals surface area contributed by atoms with E-state index in [9.17, 15) is 31.0 Å². The Morgan fingerprint density at radius 3 is 1.91 bits per heavy atom. The van der Waals surface area contributed by atoms with E-state index in [1.54, 1.807) is 4.72 Å². The largest absolute Gasteiger partial charge is 0.731 e. The molecule has 0 bridgehead atoms. The number of benzene rings is 2. The lowest BCUT2D eigenvalue weighted by atomic mass is 9.76. The monoisotopic (exact) mass is 501 g/mol. The van der Waals surface area contributed by atoms with E-state index in [4.69, 9.17) is 14.0 Å². The quantitative estimate of drug-likeness (QED) is 0.239. The Balaban J connectivity index is 2.46. The summed E-state index contributed by atoms with van der Waals surface area (Å²) in [5.74, 6) is -1.85. The molecular formula is C19H21N2O10S2-. The fraction of sp³-hybridized carbons (Fsp3) is 0.263. The Kier molecular flexibility index (Phi) is 8.02. The predicted octanol–water partition coefficient (Wildman–Crippen LogP) is 0.891. The summed E-state index contributed by atoms with van der Waals surface area (Å²) in [5.41, 5.74) is -1.16. The van der Waals surface area contributed by atoms with E-state index in [1.165, 1.54) is 48.5 Å². The first-order valence-corrected chi connectivity index (χ1v) is 12.0. The van der Waals surface area contributed by atoms with Crippen LogP contribution in [0.2, 0.25) is 0 Å². The average Bonchev–Trinajstić information content (AvgIpc) is 2.71. The number of carbonyl (C=O) groups excluding carboxylic acids is 2. The van der Waals surface area contributed by atoms with Crippen molar-refractivity contribution in [1.29, 1.82) is 0 Å². The standard InChI is InChI=1S/C19H22N2O10S2/c1-30-17(22)19(18(23)31-2,11-13-6-8-15(9-7-13)20-32(24,25)26)12-14-4-3-5-16(10-14)21-33(27,28)29/h3-10,20-21H,11-12H2,1-2H3,(H,24,25,26)(H,27,28,29)/p-1. The molecule has 0 aliphatic carbocycles. The first-order valence-electron chi connectivity index (χ1n) is 9.11. The molecule has 0 aliphatic heterocycles. The summed E-state index contributed by atoms with van der Waals surface area (Å²) in [7, 11) is -7.11. The second-order valence-corrected chi connectivity index (χ2v) is 9.22. The van der Waals surface area contributed by atoms with Crippen molar-refractivity contribution >= 4 is 43.9 Å². The van der Waals surface area contributed by atoms with E-state index in [0.29, 0.717) is 11.1 Å². The number of rotatable bonds is 10. The molecule has 2 rings (SSSR count). The molecule has 33 heavy (non-hydrogen) atoms. The highest BCUT2D eigenvalue weighted by Gasteiger charge is 2.48. The van der Waals surface area contributed by atoms with Gasteiger partial charge in [0, 0.05) is 5.69 Å². The predicted molar refractivity (Wildman–Crippen MR) is 115 cm³/mol. The fourth-order valence-electron chi connectivity index (χ4n) is 3.25. The Labute approximate surface area is 190 Å². The van der Waals surface area contributed by atoms with Gasteiger partial charge in [-0.25, -0.2) is 8.42 Å². The molecule has 0 saturated heterocycles. The van der Waals surface area contributed by atoms with Crippen molar-refractivity contribution in [3.8, 4) is 0 Å². The van der Waals surface area contributed by atoms with E-state index >= 15 is 0 Å². The van der Waals surface area contributed by atoms with Crippen molar-refractivity contribution in [3.05, 3.63) is 59.7 Å². The van der Waals surface area contributed by atoms with Gasteiger partial charge in [0.25, 0.3) is 0 Å². The molecule has 2 aromatic rings. The topological polar surface area (TPSA) is 188 Å². The summed E-state index contributed by atoms with van der Waals surface area (Å²) in [6, 6.07) is 11.0. The van der Waals surface area contributed by atoms with Crippen molar-refractivity contribution in [1.82, 2.24) is 0 Å². The van der Waals surface area contributed by atoms with Gasteiger partial charge in [0.05, 0.1) is 19.9 Å². The molecule has 0 spiro atoms. The number of carbonyl (C=O) groups is 2. The minimum Gasteiger partial charge on any atom is -0.731 e. The maximum Gasteiger partial charge on any atom is 0.357 e. The molecule has 0 heterocycles. The van der Waals surface area contributed by atoms with Gasteiger partial charge in [-0.05, 0) is 48.2 Å². The number of ether oxygens (including phenoxy) is 2. The molecule has 14 heteroatoms. The van der Waals surface area contributed by atoms with E-state index in [2.05, 4.69) is 0 Å². The van der Waals surface area contributed by atoms with Crippen LogP contribution in [0.5, 0.6) is 0 Å². The number of hydrogen-bond donors (Lipinski definition) is 3. The van der Waals surface area contributed by atoms with Gasteiger partial charge >= 0.3 is 22.2 Å². The smallest absolute Gasteiger partial charge is 0.357 e. The summed E-state index contributed by atoms with van der Waals surface area (Å²) in [6.07, 6.45) is -0.491. The van der Waals surface area contributed by atoms with Crippen LogP contribution in [0.25, 0.3) is 0 Å². The number of esters is 2. The van der Waals surface area contributed by atoms with Crippen LogP contribution in [-0.2, 0) is 52.5 Å². The highest BCUT2D eigenvalue weighted by Crippen LogP contribution is 2.33. The molecule has 0 aromatic heterocycles. The van der Waals surface area contributed by atoms with Crippen molar-refractivity contribution in [2.45, 2.75) is 12.8 Å². The Morgan fingerprint density at radius 1 is 0.879 bits per heavy atom. The normalized spacial score (nSPS) is 12.0. The molecule has 0 atom stereocenters. The Bertz CT molecular complexity index is 1210. The van der Waals surface area contributed by atoms with Crippen LogP contribution in [0.1, 0.15) is 11.1 Å². The van der Waals surface area contributed by atoms with Crippen LogP contribution in [-0.4, -0.2) is 52.1 Å². The molecule has 0 unspecified atom stereocenters. The maximum absolute atomic E-state index is 12.8. The summed E-state index contributed by atoms with van der Waals surface area (Å²) in [6.45, 7) is 0. The second-order valence-electron chi connectivity index (χ2n) is 6.95. The van der Waals surface area contributed by atoms with Gasteiger partial charge in [-0.2, -0.15) is 8.42 Å². The van der Waals surface area contributed by atoms with Gasteiger partial charge in [0.2, 0.25) is 0 Å². The lowest BCUT2D eigenvalue weighted by Gasteiger charge is -2.28. The molecule has 0 fully saturated rings. The van der Waals surface area contributed by atoms with Crippen LogP contribution in [0, 0.1) is 5.41 Å². The van der Waals surface area contributed by atoms with Crippen molar-refractivity contribution in [2.75, 3.05) is 23.7 Å². The van der Waals surface area contributed by atoms with Crippen LogP contribution >= 0.6 is 0 Å². The minimum atomic E-state index is -4.73. The van der Waals surface area contributed by atoms with Crippen LogP contribution in [0.15, 0.2) is 48.5 Å². The van der Waals surface area contributed by atoms with Crippen molar-refractivity contribution < 1.29 is 45.0 Å². The molecular weight excluding hydrogens is 480 g/mol. The van der Waals surface area contributed by atoms with Crippen molar-refractivity contribution in [3.63, 3.8) is 0 Å². The average molecular weight is 502 g/mol. The van der Waals surface area contributed by atoms with Gasteiger partial charge < -0.3 is 14.0 Å². The number of hydrogen-bond acceptors (Lipinski definition) is 9. The van der Waals surface area contributed by atoms with Crippen LogP contribution < -0.4 is 9.44 Å². The van der Waals surface area contributed by atoms with E-state index in [1.807, 2.05) is 4.72 Å². The molecule has 0 amide bonds. The maximum atomic E-state index is 12.8. The third-order valence-electron chi connectivity index (χ3n) is 4.53. The third-order valence-corrected chi connectivity index (χ3v) is 5.51.